The summed E-state index contributed by atoms with van der Waals surface area (Å²) in [6, 6.07) is 18.0. The highest BCUT2D eigenvalue weighted by atomic mass is 19.1. The van der Waals surface area contributed by atoms with Crippen molar-refractivity contribution in [1.29, 1.82) is 0 Å². The van der Waals surface area contributed by atoms with E-state index in [0.717, 1.165) is 25.2 Å². The standard InChI is InChI=1S/C27H28FN5O2/c28-23-10-8-22(9-11-23)20-32-17-18-33-25(27(32)35)19-24(29-33)26(34)31-15-13-30(14-16-31)12-4-7-21-5-2-1-3-6-21/h1-11,19H,12-18,20H2/b7-4+. The van der Waals surface area contributed by atoms with Gasteiger partial charge in [0, 0.05) is 51.9 Å². The van der Waals surface area contributed by atoms with E-state index in [0.29, 0.717) is 44.1 Å². The van der Waals surface area contributed by atoms with Gasteiger partial charge in [-0.05, 0) is 23.3 Å². The van der Waals surface area contributed by atoms with Gasteiger partial charge in [-0.1, -0.05) is 54.6 Å². The van der Waals surface area contributed by atoms with Crippen LogP contribution in [-0.2, 0) is 13.1 Å². The lowest BCUT2D eigenvalue weighted by atomic mass is 10.2. The number of carbonyl (C=O) groups excluding carboxylic acids is 2. The molecule has 0 bridgehead atoms. The lowest BCUT2D eigenvalue weighted by Gasteiger charge is -2.33. The molecule has 5 rings (SSSR count). The largest absolute Gasteiger partial charge is 0.335 e. The molecule has 0 N–H and O–H groups in total. The second-order valence-corrected chi connectivity index (χ2v) is 8.90. The molecule has 1 aromatic heterocycles. The molecule has 1 saturated heterocycles. The number of rotatable bonds is 6. The Bertz CT molecular complexity index is 1210. The molecule has 3 aromatic rings. The topological polar surface area (TPSA) is 61.7 Å². The molecule has 7 nitrogen and oxygen atoms in total. The van der Waals surface area contributed by atoms with Crippen LogP contribution in [0.4, 0.5) is 4.39 Å². The van der Waals surface area contributed by atoms with Gasteiger partial charge in [0.1, 0.15) is 11.5 Å². The van der Waals surface area contributed by atoms with Gasteiger partial charge >= 0.3 is 0 Å². The third kappa shape index (κ3) is 5.33. The molecule has 0 spiro atoms. The zero-order valence-electron chi connectivity index (χ0n) is 19.5. The Morgan fingerprint density at radius 2 is 1.69 bits per heavy atom. The lowest BCUT2D eigenvalue weighted by Crippen LogP contribution is -2.48. The van der Waals surface area contributed by atoms with Gasteiger partial charge in [0.25, 0.3) is 11.8 Å². The zero-order chi connectivity index (χ0) is 24.2. The molecule has 0 atom stereocenters. The van der Waals surface area contributed by atoms with E-state index in [-0.39, 0.29) is 17.6 Å². The number of piperazine rings is 1. The van der Waals surface area contributed by atoms with Crippen molar-refractivity contribution in [1.82, 2.24) is 24.5 Å². The summed E-state index contributed by atoms with van der Waals surface area (Å²) < 4.78 is 14.8. The minimum Gasteiger partial charge on any atom is -0.335 e. The maximum absolute atomic E-state index is 13.2. The van der Waals surface area contributed by atoms with Gasteiger partial charge in [-0.15, -0.1) is 0 Å². The molecule has 2 aromatic carbocycles. The van der Waals surface area contributed by atoms with Crippen LogP contribution in [0.5, 0.6) is 0 Å². The number of aromatic nitrogens is 2. The van der Waals surface area contributed by atoms with E-state index in [2.05, 4.69) is 34.3 Å². The second-order valence-electron chi connectivity index (χ2n) is 8.90. The second kappa shape index (κ2) is 10.2. The SMILES string of the molecule is O=C(c1cc2n(n1)CCN(Cc1ccc(F)cc1)C2=O)N1CCN(C/C=C/c2ccccc2)CC1. The number of benzene rings is 2. The summed E-state index contributed by atoms with van der Waals surface area (Å²) in [5.74, 6) is -0.601. The van der Waals surface area contributed by atoms with Crippen molar-refractivity contribution in [3.63, 3.8) is 0 Å². The fourth-order valence-corrected chi connectivity index (χ4v) is 4.50. The van der Waals surface area contributed by atoms with E-state index >= 15 is 0 Å². The molecule has 2 aliphatic rings. The van der Waals surface area contributed by atoms with Crippen LogP contribution in [0.3, 0.4) is 0 Å². The summed E-state index contributed by atoms with van der Waals surface area (Å²) in [7, 11) is 0. The Morgan fingerprint density at radius 1 is 0.943 bits per heavy atom. The summed E-state index contributed by atoms with van der Waals surface area (Å²) in [6.45, 7) is 5.11. The Labute approximate surface area is 204 Å². The van der Waals surface area contributed by atoms with Crippen molar-refractivity contribution in [2.75, 3.05) is 39.3 Å². The molecule has 2 amide bonds. The van der Waals surface area contributed by atoms with Gasteiger partial charge in [0.15, 0.2) is 5.69 Å². The lowest BCUT2D eigenvalue weighted by molar-refractivity contribution is 0.0639. The molecule has 2 aliphatic heterocycles. The fraction of sp³-hybridized carbons (Fsp3) is 0.296. The molecule has 180 valence electrons. The highest BCUT2D eigenvalue weighted by molar-refractivity contribution is 5.98. The van der Waals surface area contributed by atoms with E-state index in [9.17, 15) is 14.0 Å². The van der Waals surface area contributed by atoms with Crippen molar-refractivity contribution in [3.8, 4) is 0 Å². The molecule has 0 unspecified atom stereocenters. The third-order valence-electron chi connectivity index (χ3n) is 6.51. The number of nitrogens with zero attached hydrogens (tertiary/aromatic N) is 5. The van der Waals surface area contributed by atoms with Crippen molar-refractivity contribution in [2.45, 2.75) is 13.1 Å². The van der Waals surface area contributed by atoms with E-state index in [4.69, 9.17) is 0 Å². The van der Waals surface area contributed by atoms with Crippen LogP contribution in [0.1, 0.15) is 32.1 Å². The molecular formula is C27H28FN5O2. The first-order valence-corrected chi connectivity index (χ1v) is 11.9. The van der Waals surface area contributed by atoms with Crippen molar-refractivity contribution < 1.29 is 14.0 Å². The molecule has 0 radical (unpaired) electrons. The van der Waals surface area contributed by atoms with E-state index < -0.39 is 0 Å². The summed E-state index contributed by atoms with van der Waals surface area (Å²) >= 11 is 0. The number of hydrogen-bond donors (Lipinski definition) is 0. The van der Waals surface area contributed by atoms with Gasteiger partial charge in [-0.3, -0.25) is 19.2 Å². The van der Waals surface area contributed by atoms with Gasteiger partial charge in [0.05, 0.1) is 6.54 Å². The fourth-order valence-electron chi connectivity index (χ4n) is 4.50. The predicted octanol–water partition coefficient (Wildman–Crippen LogP) is 3.15. The Morgan fingerprint density at radius 3 is 2.43 bits per heavy atom. The number of amides is 2. The number of fused-ring (bicyclic) bond motifs is 1. The zero-order valence-corrected chi connectivity index (χ0v) is 19.5. The first-order valence-electron chi connectivity index (χ1n) is 11.9. The van der Waals surface area contributed by atoms with Crippen LogP contribution in [0.25, 0.3) is 6.08 Å². The number of hydrogen-bond acceptors (Lipinski definition) is 4. The maximum atomic E-state index is 13.2. The summed E-state index contributed by atoms with van der Waals surface area (Å²) in [4.78, 5) is 31.9. The first-order chi connectivity index (χ1) is 17.1. The van der Waals surface area contributed by atoms with E-state index in [1.165, 1.54) is 17.7 Å². The predicted molar refractivity (Wildman–Crippen MR) is 131 cm³/mol. The molecule has 0 saturated carbocycles. The van der Waals surface area contributed by atoms with E-state index in [1.54, 1.807) is 27.8 Å². The first kappa shape index (κ1) is 23.0. The maximum Gasteiger partial charge on any atom is 0.274 e. The van der Waals surface area contributed by atoms with Crippen LogP contribution in [0.15, 0.2) is 66.7 Å². The minimum absolute atomic E-state index is 0.135. The molecular weight excluding hydrogens is 445 g/mol. The smallest absolute Gasteiger partial charge is 0.274 e. The van der Waals surface area contributed by atoms with E-state index in [1.807, 2.05) is 23.1 Å². The summed E-state index contributed by atoms with van der Waals surface area (Å²) in [5.41, 5.74) is 2.78. The minimum atomic E-state index is -0.301. The highest BCUT2D eigenvalue weighted by Gasteiger charge is 2.30. The molecule has 35 heavy (non-hydrogen) atoms. The Hall–Kier alpha value is -3.78. The quantitative estimate of drug-likeness (QED) is 0.552. The van der Waals surface area contributed by atoms with Gasteiger partial charge in [0.2, 0.25) is 0 Å². The van der Waals surface area contributed by atoms with Crippen LogP contribution in [-0.4, -0.2) is 75.6 Å². The average molecular weight is 474 g/mol. The Balaban J connectivity index is 1.16. The summed E-state index contributed by atoms with van der Waals surface area (Å²) in [5, 5.41) is 4.44. The average Bonchev–Trinajstić information content (AvgIpc) is 3.33. The Kier molecular flexibility index (Phi) is 6.72. The van der Waals surface area contributed by atoms with Crippen LogP contribution < -0.4 is 0 Å². The highest BCUT2D eigenvalue weighted by Crippen LogP contribution is 2.18. The normalized spacial score (nSPS) is 16.7. The van der Waals surface area contributed by atoms with Gasteiger partial charge in [-0.2, -0.15) is 5.10 Å². The summed E-state index contributed by atoms with van der Waals surface area (Å²) in [6.07, 6.45) is 4.27. The monoisotopic (exact) mass is 473 g/mol. The molecule has 3 heterocycles. The van der Waals surface area contributed by atoms with Crippen molar-refractivity contribution >= 4 is 17.9 Å². The molecule has 1 fully saturated rings. The van der Waals surface area contributed by atoms with Gasteiger partial charge < -0.3 is 9.80 Å². The molecule has 0 aliphatic carbocycles. The number of carbonyl (C=O) groups is 2. The molecule has 8 heteroatoms. The van der Waals surface area contributed by atoms with Gasteiger partial charge in [-0.25, -0.2) is 4.39 Å². The van der Waals surface area contributed by atoms with Crippen LogP contribution in [0, 0.1) is 5.82 Å². The van der Waals surface area contributed by atoms with Crippen LogP contribution in [0.2, 0.25) is 0 Å². The van der Waals surface area contributed by atoms with Crippen molar-refractivity contribution in [3.05, 3.63) is 95.1 Å². The third-order valence-corrected chi connectivity index (χ3v) is 6.51. The van der Waals surface area contributed by atoms with Crippen LogP contribution >= 0.6 is 0 Å². The number of halogens is 1. The van der Waals surface area contributed by atoms with Crippen molar-refractivity contribution in [2.24, 2.45) is 0 Å².